The molecular formula is C23H22BN5O6S. The van der Waals surface area contributed by atoms with Gasteiger partial charge in [-0.3, -0.25) is 8.75 Å². The van der Waals surface area contributed by atoms with Crippen LogP contribution >= 0.6 is 0 Å². The molecule has 184 valence electrons. The average molecular weight is 507 g/mol. The molecule has 2 N–H and O–H groups in total. The Balaban J connectivity index is 1.29. The van der Waals surface area contributed by atoms with Crippen LogP contribution < -0.4 is 11.2 Å². The number of fused-ring (bicyclic) bond motifs is 2. The zero-order valence-electron chi connectivity index (χ0n) is 19.2. The Kier molecular flexibility index (Phi) is 5.73. The number of anilines is 1. The van der Waals surface area contributed by atoms with Gasteiger partial charge in [-0.1, -0.05) is 48.0 Å². The monoisotopic (exact) mass is 507 g/mol. The molecule has 0 amide bonds. The molecule has 2 aliphatic rings. The number of imidazole rings is 1. The van der Waals surface area contributed by atoms with Crippen molar-refractivity contribution in [2.24, 2.45) is 0 Å². The first-order valence-electron chi connectivity index (χ1n) is 11.3. The zero-order chi connectivity index (χ0) is 24.9. The van der Waals surface area contributed by atoms with E-state index in [0.29, 0.717) is 11.2 Å². The number of aromatic nitrogens is 4. The van der Waals surface area contributed by atoms with Crippen molar-refractivity contribution in [2.75, 3.05) is 12.3 Å². The topological polar surface area (TPSA) is 141 Å². The SMILES string of the molecule is Cc1ccc(S(=O)(=O)OC[C@H]2O[C@@H](n3cnc4c(N)ncnc43)[C@@H]3OB(c4ccccc4)O[C@@H]32)cc1. The fourth-order valence-corrected chi connectivity index (χ4v) is 5.36. The van der Waals surface area contributed by atoms with Crippen molar-refractivity contribution in [1.82, 2.24) is 19.5 Å². The van der Waals surface area contributed by atoms with E-state index in [0.717, 1.165) is 11.0 Å². The summed E-state index contributed by atoms with van der Waals surface area (Å²) in [6.45, 7) is 1.62. The van der Waals surface area contributed by atoms with Gasteiger partial charge in [-0.25, -0.2) is 15.0 Å². The maximum absolute atomic E-state index is 12.8. The lowest BCUT2D eigenvalue weighted by molar-refractivity contribution is -0.0525. The second-order valence-corrected chi connectivity index (χ2v) is 10.3. The molecule has 2 aliphatic heterocycles. The Hall–Kier alpha value is -3.36. The lowest BCUT2D eigenvalue weighted by Crippen LogP contribution is -2.37. The van der Waals surface area contributed by atoms with Crippen LogP contribution in [0.2, 0.25) is 0 Å². The van der Waals surface area contributed by atoms with Gasteiger partial charge in [-0.15, -0.1) is 0 Å². The molecule has 4 atom stereocenters. The summed E-state index contributed by atoms with van der Waals surface area (Å²) in [7, 11) is -4.66. The number of nitrogens with two attached hydrogens (primary N) is 1. The molecule has 2 saturated heterocycles. The minimum atomic E-state index is -4.00. The number of ether oxygens (including phenoxy) is 1. The first-order valence-corrected chi connectivity index (χ1v) is 12.7. The van der Waals surface area contributed by atoms with Gasteiger partial charge in [0.05, 0.1) is 17.8 Å². The van der Waals surface area contributed by atoms with E-state index in [1.165, 1.54) is 18.5 Å². The van der Waals surface area contributed by atoms with Gasteiger partial charge in [0.2, 0.25) is 0 Å². The third kappa shape index (κ3) is 4.04. The summed E-state index contributed by atoms with van der Waals surface area (Å²) in [5.41, 5.74) is 8.62. The normalized spacial score (nSPS) is 23.9. The molecule has 0 spiro atoms. The Morgan fingerprint density at radius 1 is 1.03 bits per heavy atom. The van der Waals surface area contributed by atoms with Gasteiger partial charge < -0.3 is 19.8 Å². The van der Waals surface area contributed by atoms with E-state index >= 15 is 0 Å². The third-order valence-electron chi connectivity index (χ3n) is 6.28. The summed E-state index contributed by atoms with van der Waals surface area (Å²) >= 11 is 0. The fraction of sp³-hybridized carbons (Fsp3) is 0.261. The summed E-state index contributed by atoms with van der Waals surface area (Å²) in [5.74, 6) is 0.239. The highest BCUT2D eigenvalue weighted by Gasteiger charge is 2.55. The molecule has 0 radical (unpaired) electrons. The number of nitrogens with zero attached hydrogens (tertiary/aromatic N) is 4. The quantitative estimate of drug-likeness (QED) is 0.299. The molecule has 2 fully saturated rings. The Bertz CT molecular complexity index is 1500. The summed E-state index contributed by atoms with van der Waals surface area (Å²) in [4.78, 5) is 12.7. The second kappa shape index (κ2) is 8.94. The smallest absolute Gasteiger partial charge is 0.399 e. The minimum Gasteiger partial charge on any atom is -0.399 e. The van der Waals surface area contributed by atoms with Gasteiger partial charge >= 0.3 is 7.12 Å². The number of hydrogen-bond donors (Lipinski definition) is 1. The van der Waals surface area contributed by atoms with Crippen LogP contribution in [0.3, 0.4) is 0 Å². The molecule has 0 aliphatic carbocycles. The number of benzene rings is 2. The molecule has 4 heterocycles. The predicted molar refractivity (Wildman–Crippen MR) is 130 cm³/mol. The second-order valence-electron chi connectivity index (χ2n) is 8.64. The van der Waals surface area contributed by atoms with Gasteiger partial charge in [0.15, 0.2) is 17.7 Å². The van der Waals surface area contributed by atoms with Crippen LogP contribution in [-0.4, -0.2) is 60.0 Å². The summed E-state index contributed by atoms with van der Waals surface area (Å²) < 4.78 is 51.4. The Morgan fingerprint density at radius 3 is 2.56 bits per heavy atom. The van der Waals surface area contributed by atoms with Gasteiger partial charge in [-0.05, 0) is 24.5 Å². The van der Waals surface area contributed by atoms with E-state index in [2.05, 4.69) is 15.0 Å². The van der Waals surface area contributed by atoms with Crippen LogP contribution in [0.1, 0.15) is 11.8 Å². The molecule has 13 heteroatoms. The van der Waals surface area contributed by atoms with Crippen molar-refractivity contribution < 1.29 is 26.6 Å². The minimum absolute atomic E-state index is 0.0673. The highest BCUT2D eigenvalue weighted by atomic mass is 32.2. The Morgan fingerprint density at radius 2 is 1.78 bits per heavy atom. The number of aryl methyl sites for hydroxylation is 1. The van der Waals surface area contributed by atoms with E-state index in [4.69, 9.17) is 24.0 Å². The molecule has 0 saturated carbocycles. The van der Waals surface area contributed by atoms with E-state index < -0.39 is 41.8 Å². The van der Waals surface area contributed by atoms with Crippen LogP contribution in [0.5, 0.6) is 0 Å². The number of hydrogen-bond acceptors (Lipinski definition) is 10. The van der Waals surface area contributed by atoms with E-state index in [-0.39, 0.29) is 17.3 Å². The number of nitrogen functional groups attached to an aromatic ring is 1. The molecule has 6 rings (SSSR count). The van der Waals surface area contributed by atoms with Gasteiger partial charge in [0, 0.05) is 0 Å². The van der Waals surface area contributed by atoms with Crippen molar-refractivity contribution in [3.63, 3.8) is 0 Å². The van der Waals surface area contributed by atoms with Crippen LogP contribution in [0.4, 0.5) is 5.82 Å². The van der Waals surface area contributed by atoms with E-state index in [1.807, 2.05) is 37.3 Å². The molecule has 0 unspecified atom stereocenters. The third-order valence-corrected chi connectivity index (χ3v) is 7.57. The highest BCUT2D eigenvalue weighted by molar-refractivity contribution is 7.86. The van der Waals surface area contributed by atoms with Crippen molar-refractivity contribution >= 4 is 39.7 Å². The van der Waals surface area contributed by atoms with Crippen molar-refractivity contribution in [2.45, 2.75) is 36.4 Å². The molecule has 36 heavy (non-hydrogen) atoms. The van der Waals surface area contributed by atoms with Crippen molar-refractivity contribution in [3.8, 4) is 0 Å². The van der Waals surface area contributed by atoms with E-state index in [9.17, 15) is 8.42 Å². The molecule has 2 aromatic carbocycles. The first-order chi connectivity index (χ1) is 17.4. The first kappa shape index (κ1) is 23.1. The fourth-order valence-electron chi connectivity index (χ4n) is 4.45. The summed E-state index contributed by atoms with van der Waals surface area (Å²) in [6, 6.07) is 15.9. The Labute approximate surface area is 207 Å². The predicted octanol–water partition coefficient (Wildman–Crippen LogP) is 1.20. The van der Waals surface area contributed by atoms with Crippen molar-refractivity contribution in [1.29, 1.82) is 0 Å². The maximum atomic E-state index is 12.8. The summed E-state index contributed by atoms with van der Waals surface area (Å²) in [6.07, 6.45) is 0.243. The van der Waals surface area contributed by atoms with Crippen molar-refractivity contribution in [3.05, 3.63) is 72.8 Å². The highest BCUT2D eigenvalue weighted by Crippen LogP contribution is 2.40. The standard InChI is InChI=1S/C23H22BN5O6S/c1-14-7-9-16(10-8-14)36(30,31)32-11-17-19-20(35-24(34-19)15-5-3-2-4-6-15)23(33-17)29-13-28-18-21(25)26-12-27-22(18)29/h2-10,12-13,17,19-20,23H,11H2,1H3,(H2,25,26,27)/t17-,19-,20-,23-/m1/s1. The maximum Gasteiger partial charge on any atom is 0.494 e. The van der Waals surface area contributed by atoms with Crippen LogP contribution in [0.25, 0.3) is 11.2 Å². The average Bonchev–Trinajstić information content (AvgIpc) is 3.58. The van der Waals surface area contributed by atoms with Gasteiger partial charge in [0.1, 0.15) is 30.2 Å². The lowest BCUT2D eigenvalue weighted by atomic mass is 9.79. The molecule has 11 nitrogen and oxygen atoms in total. The van der Waals surface area contributed by atoms with Crippen LogP contribution in [0.15, 0.2) is 72.1 Å². The zero-order valence-corrected chi connectivity index (χ0v) is 20.0. The largest absolute Gasteiger partial charge is 0.494 e. The summed E-state index contributed by atoms with van der Waals surface area (Å²) in [5, 5.41) is 0. The lowest BCUT2D eigenvalue weighted by Gasteiger charge is -2.20. The molecular weight excluding hydrogens is 485 g/mol. The van der Waals surface area contributed by atoms with E-state index in [1.54, 1.807) is 23.0 Å². The molecule has 0 bridgehead atoms. The van der Waals surface area contributed by atoms with Gasteiger partial charge in [-0.2, -0.15) is 8.42 Å². The van der Waals surface area contributed by atoms with Gasteiger partial charge in [0.25, 0.3) is 10.1 Å². The van der Waals surface area contributed by atoms with Crippen LogP contribution in [0, 0.1) is 6.92 Å². The molecule has 2 aromatic heterocycles. The molecule has 4 aromatic rings. The van der Waals surface area contributed by atoms with Crippen LogP contribution in [-0.2, 0) is 28.3 Å². The number of rotatable bonds is 6.